The molecule has 3 rings (SSSR count). The summed E-state index contributed by atoms with van der Waals surface area (Å²) in [6.45, 7) is 2.35. The summed E-state index contributed by atoms with van der Waals surface area (Å²) in [4.78, 5) is 5.51. The van der Waals surface area contributed by atoms with E-state index in [1.165, 1.54) is 12.8 Å². The second-order valence-electron chi connectivity index (χ2n) is 5.83. The van der Waals surface area contributed by atoms with Crippen LogP contribution in [0.5, 0.6) is 0 Å². The number of nitrogens with two attached hydrogens (primary N) is 1. The van der Waals surface area contributed by atoms with Crippen LogP contribution in [0, 0.1) is 11.8 Å². The molecule has 7 heteroatoms. The Morgan fingerprint density at radius 1 is 1.35 bits per heavy atom. The molecule has 112 valence electrons. The topological polar surface area (TPSA) is 42.1 Å². The Morgan fingerprint density at radius 2 is 2.15 bits per heavy atom. The van der Waals surface area contributed by atoms with Gasteiger partial charge in [-0.1, -0.05) is 6.42 Å². The van der Waals surface area contributed by atoms with Gasteiger partial charge in [-0.15, -0.1) is 11.3 Å². The number of alkyl halides is 3. The average molecular weight is 305 g/mol. The Hall–Kier alpha value is -0.660. The summed E-state index contributed by atoms with van der Waals surface area (Å²) in [7, 11) is 0. The molecule has 0 bridgehead atoms. The number of halogens is 3. The highest BCUT2D eigenvalue weighted by atomic mass is 32.1. The smallest absolute Gasteiger partial charge is 0.327 e. The number of hydrogen-bond acceptors (Lipinski definition) is 4. The van der Waals surface area contributed by atoms with Gasteiger partial charge in [-0.05, 0) is 24.7 Å². The Balaban J connectivity index is 1.63. The van der Waals surface area contributed by atoms with Crippen LogP contribution < -0.4 is 5.73 Å². The summed E-state index contributed by atoms with van der Waals surface area (Å²) in [6, 6.07) is 0.251. The number of rotatable bonds is 2. The summed E-state index contributed by atoms with van der Waals surface area (Å²) in [6.07, 6.45) is 0.1000. The van der Waals surface area contributed by atoms with Crippen molar-refractivity contribution in [3.05, 3.63) is 16.1 Å². The van der Waals surface area contributed by atoms with Gasteiger partial charge in [0.15, 0.2) is 0 Å². The van der Waals surface area contributed by atoms with E-state index >= 15 is 0 Å². The van der Waals surface area contributed by atoms with Crippen LogP contribution in [0.3, 0.4) is 0 Å². The first-order valence-corrected chi connectivity index (χ1v) is 7.75. The molecular formula is C13H18F3N3S. The van der Waals surface area contributed by atoms with Gasteiger partial charge in [-0.3, -0.25) is 4.90 Å². The maximum atomic E-state index is 12.5. The molecule has 1 aromatic heterocycles. The zero-order chi connectivity index (χ0) is 14.3. The largest absolute Gasteiger partial charge is 0.427 e. The van der Waals surface area contributed by atoms with Crippen LogP contribution >= 0.6 is 11.3 Å². The monoisotopic (exact) mass is 305 g/mol. The fraction of sp³-hybridized carbons (Fsp3) is 0.769. The number of aromatic nitrogens is 1. The molecule has 0 amide bonds. The van der Waals surface area contributed by atoms with Crippen LogP contribution in [0.2, 0.25) is 0 Å². The minimum atomic E-state index is -4.28. The van der Waals surface area contributed by atoms with Gasteiger partial charge in [-0.25, -0.2) is 4.98 Å². The molecular weight excluding hydrogens is 287 g/mol. The summed E-state index contributed by atoms with van der Waals surface area (Å²) in [5, 5.41) is 0.546. The zero-order valence-corrected chi connectivity index (χ0v) is 11.9. The van der Waals surface area contributed by atoms with Gasteiger partial charge in [0.05, 0.1) is 12.7 Å². The highest BCUT2D eigenvalue weighted by molar-refractivity contribution is 7.11. The lowest BCUT2D eigenvalue weighted by atomic mass is 9.78. The van der Waals surface area contributed by atoms with Gasteiger partial charge in [0.25, 0.3) is 0 Å². The van der Waals surface area contributed by atoms with Crippen molar-refractivity contribution in [2.24, 2.45) is 17.6 Å². The third-order valence-electron chi connectivity index (χ3n) is 4.42. The number of thiazole rings is 1. The van der Waals surface area contributed by atoms with Crippen molar-refractivity contribution >= 4 is 11.3 Å². The third-order valence-corrected chi connectivity index (χ3v) is 5.45. The van der Waals surface area contributed by atoms with E-state index in [1.54, 1.807) is 0 Å². The van der Waals surface area contributed by atoms with Crippen molar-refractivity contribution in [3.63, 3.8) is 0 Å². The zero-order valence-electron chi connectivity index (χ0n) is 11.1. The van der Waals surface area contributed by atoms with Crippen molar-refractivity contribution in [2.75, 3.05) is 13.1 Å². The lowest BCUT2D eigenvalue weighted by molar-refractivity contribution is -0.134. The van der Waals surface area contributed by atoms with Gasteiger partial charge in [0.2, 0.25) is 0 Å². The van der Waals surface area contributed by atoms with E-state index < -0.39 is 11.1 Å². The van der Waals surface area contributed by atoms with E-state index in [9.17, 15) is 13.2 Å². The lowest BCUT2D eigenvalue weighted by Gasteiger charge is -2.29. The number of nitrogens with zero attached hydrogens (tertiary/aromatic N) is 2. The molecule has 3 atom stereocenters. The third kappa shape index (κ3) is 2.84. The van der Waals surface area contributed by atoms with Crippen LogP contribution in [0.4, 0.5) is 13.2 Å². The van der Waals surface area contributed by atoms with E-state index in [4.69, 9.17) is 5.73 Å². The molecule has 2 heterocycles. The first-order valence-electron chi connectivity index (χ1n) is 6.93. The maximum absolute atomic E-state index is 12.5. The molecule has 1 aliphatic heterocycles. The van der Waals surface area contributed by atoms with Crippen molar-refractivity contribution < 1.29 is 13.2 Å². The summed E-state index contributed by atoms with van der Waals surface area (Å²) < 4.78 is 37.6. The predicted molar refractivity (Wildman–Crippen MR) is 71.2 cm³/mol. The van der Waals surface area contributed by atoms with Crippen molar-refractivity contribution in [1.29, 1.82) is 0 Å². The molecule has 20 heavy (non-hydrogen) atoms. The van der Waals surface area contributed by atoms with E-state index in [2.05, 4.69) is 9.88 Å². The standard InChI is InChI=1S/C13H18F3N3S/c14-13(15,16)11-4-18-12(20-11)7-19-5-8-2-1-3-10(17)9(8)6-19/h4,8-10H,1-3,5-7,17H2. The quantitative estimate of drug-likeness (QED) is 0.913. The van der Waals surface area contributed by atoms with E-state index in [1.807, 2.05) is 0 Å². The Morgan fingerprint density at radius 3 is 2.80 bits per heavy atom. The van der Waals surface area contributed by atoms with Crippen LogP contribution in [0.15, 0.2) is 6.20 Å². The predicted octanol–water partition coefficient (Wildman–Crippen LogP) is 2.72. The highest BCUT2D eigenvalue weighted by Crippen LogP contribution is 2.37. The Bertz CT molecular complexity index is 474. The first-order chi connectivity index (χ1) is 9.43. The molecule has 2 aliphatic rings. The number of likely N-dealkylation sites (tertiary alicyclic amines) is 1. The second-order valence-corrected chi connectivity index (χ2v) is 6.94. The van der Waals surface area contributed by atoms with Crippen LogP contribution in [0.1, 0.15) is 29.1 Å². The summed E-state index contributed by atoms with van der Waals surface area (Å²) >= 11 is 0.752. The van der Waals surface area contributed by atoms with Gasteiger partial charge in [0, 0.05) is 19.1 Å². The molecule has 2 N–H and O–H groups in total. The summed E-state index contributed by atoms with van der Waals surface area (Å²) in [5.74, 6) is 1.12. The first kappa shape index (κ1) is 14.3. The molecule has 0 radical (unpaired) electrons. The second kappa shape index (κ2) is 5.27. The average Bonchev–Trinajstić information content (AvgIpc) is 2.96. The lowest BCUT2D eigenvalue weighted by Crippen LogP contribution is -2.38. The SMILES string of the molecule is NC1CCCC2CN(Cc3ncc(C(F)(F)F)s3)CC12. The van der Waals surface area contributed by atoms with Crippen molar-refractivity contribution in [3.8, 4) is 0 Å². The van der Waals surface area contributed by atoms with Crippen LogP contribution in [-0.4, -0.2) is 29.0 Å². The van der Waals surface area contributed by atoms with Gasteiger partial charge < -0.3 is 5.73 Å². The van der Waals surface area contributed by atoms with E-state index in [0.29, 0.717) is 23.4 Å². The van der Waals surface area contributed by atoms with Crippen LogP contribution in [-0.2, 0) is 12.7 Å². The van der Waals surface area contributed by atoms with Gasteiger partial charge >= 0.3 is 6.18 Å². The molecule has 3 unspecified atom stereocenters. The molecule has 0 spiro atoms. The molecule has 1 aliphatic carbocycles. The van der Waals surface area contributed by atoms with Crippen LogP contribution in [0.25, 0.3) is 0 Å². The fourth-order valence-corrected chi connectivity index (χ4v) is 4.27. The van der Waals surface area contributed by atoms with Gasteiger partial charge in [-0.2, -0.15) is 13.2 Å². The summed E-state index contributed by atoms with van der Waals surface area (Å²) in [5.41, 5.74) is 6.15. The molecule has 1 saturated heterocycles. The highest BCUT2D eigenvalue weighted by Gasteiger charge is 2.39. The normalized spacial score (nSPS) is 31.5. The fourth-order valence-electron chi connectivity index (χ4n) is 3.44. The molecule has 2 fully saturated rings. The van der Waals surface area contributed by atoms with E-state index in [0.717, 1.165) is 37.0 Å². The molecule has 0 aromatic carbocycles. The maximum Gasteiger partial charge on any atom is 0.427 e. The number of fused-ring (bicyclic) bond motifs is 1. The minimum absolute atomic E-state index is 0.251. The molecule has 1 aromatic rings. The Labute approximate surface area is 120 Å². The van der Waals surface area contributed by atoms with Crippen molar-refractivity contribution in [2.45, 2.75) is 38.0 Å². The number of hydrogen-bond donors (Lipinski definition) is 1. The molecule has 1 saturated carbocycles. The Kier molecular flexibility index (Phi) is 3.77. The van der Waals surface area contributed by atoms with E-state index in [-0.39, 0.29) is 6.04 Å². The minimum Gasteiger partial charge on any atom is -0.327 e. The van der Waals surface area contributed by atoms with Crippen molar-refractivity contribution in [1.82, 2.24) is 9.88 Å². The molecule has 3 nitrogen and oxygen atoms in total. The van der Waals surface area contributed by atoms with Gasteiger partial charge in [0.1, 0.15) is 9.88 Å².